The Bertz CT molecular complexity index is 957. The summed E-state index contributed by atoms with van der Waals surface area (Å²) < 4.78 is 26.4. The highest BCUT2D eigenvalue weighted by Crippen LogP contribution is 2.26. The number of nitrogens with zero attached hydrogens (tertiary/aromatic N) is 2. The number of hydrogen-bond donors (Lipinski definition) is 3. The lowest BCUT2D eigenvalue weighted by atomic mass is 9.84. The first-order valence-corrected chi connectivity index (χ1v) is 15.9. The molecule has 0 radical (unpaired) electrons. The number of hydrogen-bond acceptors (Lipinski definition) is 7. The molecule has 1 heterocycles. The fourth-order valence-corrected chi connectivity index (χ4v) is 6.14. The minimum Gasteiger partial charge on any atom is -0.342 e. The van der Waals surface area contributed by atoms with E-state index in [4.69, 9.17) is 0 Å². The lowest BCUT2D eigenvalue weighted by Crippen LogP contribution is -2.60. The summed E-state index contributed by atoms with van der Waals surface area (Å²) in [6.07, 6.45) is 4.73. The summed E-state index contributed by atoms with van der Waals surface area (Å²) in [5, 5.41) is 3.06. The molecule has 38 heavy (non-hydrogen) atoms. The maximum atomic E-state index is 13.8. The van der Waals surface area contributed by atoms with E-state index < -0.39 is 33.4 Å². The van der Waals surface area contributed by atoms with E-state index in [-0.39, 0.29) is 41.1 Å². The van der Waals surface area contributed by atoms with Crippen LogP contribution in [0, 0.1) is 11.3 Å². The van der Waals surface area contributed by atoms with Crippen LogP contribution in [0.15, 0.2) is 11.6 Å². The van der Waals surface area contributed by atoms with Gasteiger partial charge in [-0.2, -0.15) is 12.6 Å². The van der Waals surface area contributed by atoms with Gasteiger partial charge in [0.2, 0.25) is 21.8 Å². The highest BCUT2D eigenvalue weighted by molar-refractivity contribution is 7.90. The van der Waals surface area contributed by atoms with Gasteiger partial charge in [-0.15, -0.1) is 0 Å². The van der Waals surface area contributed by atoms with E-state index in [0.29, 0.717) is 12.2 Å². The highest BCUT2D eigenvalue weighted by Gasteiger charge is 2.39. The van der Waals surface area contributed by atoms with Crippen LogP contribution in [0.2, 0.25) is 0 Å². The predicted molar refractivity (Wildman–Crippen MR) is 156 cm³/mol. The summed E-state index contributed by atoms with van der Waals surface area (Å²) in [7, 11) is -2.11. The van der Waals surface area contributed by atoms with Crippen molar-refractivity contribution < 1.29 is 22.8 Å². The maximum Gasteiger partial charge on any atom is 0.260 e. The van der Waals surface area contributed by atoms with Gasteiger partial charge in [-0.25, -0.2) is 13.1 Å². The molecule has 3 atom stereocenters. The molecule has 0 aliphatic carbocycles. The third-order valence-electron chi connectivity index (χ3n) is 6.99. The zero-order valence-corrected chi connectivity index (χ0v) is 26.4. The predicted octanol–water partition coefficient (Wildman–Crippen LogP) is 2.98. The number of carbonyl (C=O) groups is 3. The van der Waals surface area contributed by atoms with Gasteiger partial charge < -0.3 is 10.2 Å². The van der Waals surface area contributed by atoms with Gasteiger partial charge in [-0.1, -0.05) is 47.1 Å². The summed E-state index contributed by atoms with van der Waals surface area (Å²) in [6, 6.07) is -1.31. The number of carbonyl (C=O) groups excluding carboxylic acids is 3. The van der Waals surface area contributed by atoms with Crippen LogP contribution >= 0.6 is 12.6 Å². The van der Waals surface area contributed by atoms with E-state index >= 15 is 0 Å². The third-order valence-corrected chi connectivity index (χ3v) is 8.62. The molecule has 11 heteroatoms. The topological polar surface area (TPSA) is 116 Å². The molecule has 1 aliphatic heterocycles. The van der Waals surface area contributed by atoms with Gasteiger partial charge in [0.25, 0.3) is 5.91 Å². The van der Waals surface area contributed by atoms with E-state index in [0.717, 1.165) is 25.8 Å². The molecular weight excluding hydrogens is 524 g/mol. The van der Waals surface area contributed by atoms with Gasteiger partial charge in [0, 0.05) is 18.7 Å². The average molecular weight is 575 g/mol. The first kappa shape index (κ1) is 34.4. The van der Waals surface area contributed by atoms with E-state index in [1.54, 1.807) is 18.0 Å². The molecule has 0 aromatic heterocycles. The summed E-state index contributed by atoms with van der Waals surface area (Å²) in [4.78, 5) is 43.6. The number of rotatable bonds is 12. The summed E-state index contributed by atoms with van der Waals surface area (Å²) in [5.74, 6) is -0.987. The van der Waals surface area contributed by atoms with E-state index in [1.165, 1.54) is 6.92 Å². The molecule has 3 amide bonds. The van der Waals surface area contributed by atoms with E-state index in [2.05, 4.69) is 41.4 Å². The van der Waals surface area contributed by atoms with Crippen molar-refractivity contribution >= 4 is 40.4 Å². The number of likely N-dealkylation sites (N-methyl/N-ethyl adjacent to an activating group) is 1. The Morgan fingerprint density at radius 1 is 1.13 bits per heavy atom. The van der Waals surface area contributed by atoms with Crippen molar-refractivity contribution in [3.8, 4) is 0 Å². The second-order valence-electron chi connectivity index (χ2n) is 12.0. The monoisotopic (exact) mass is 574 g/mol. The van der Waals surface area contributed by atoms with Crippen molar-refractivity contribution in [3.63, 3.8) is 0 Å². The minimum absolute atomic E-state index is 0.0708. The number of amides is 3. The molecule has 0 saturated carbocycles. The smallest absolute Gasteiger partial charge is 0.260 e. The second kappa shape index (κ2) is 14.7. The molecule has 0 bridgehead atoms. The van der Waals surface area contributed by atoms with Crippen LogP contribution in [0.3, 0.4) is 0 Å². The van der Waals surface area contributed by atoms with Crippen LogP contribution in [-0.2, 0) is 24.4 Å². The van der Waals surface area contributed by atoms with E-state index in [1.807, 2.05) is 34.6 Å². The number of thiol groups is 1. The van der Waals surface area contributed by atoms with Gasteiger partial charge in [-0.05, 0) is 63.7 Å². The van der Waals surface area contributed by atoms with Crippen molar-refractivity contribution in [2.24, 2.45) is 11.3 Å². The largest absolute Gasteiger partial charge is 0.342 e. The molecule has 220 valence electrons. The molecule has 1 rings (SSSR count). The Labute approximate surface area is 236 Å². The van der Waals surface area contributed by atoms with Gasteiger partial charge in [0.05, 0.1) is 17.8 Å². The second-order valence-corrected chi connectivity index (χ2v) is 14.3. The number of sulfonamides is 1. The summed E-state index contributed by atoms with van der Waals surface area (Å²) in [5.41, 5.74) is -0.360. The summed E-state index contributed by atoms with van der Waals surface area (Å²) >= 11 is 4.02. The van der Waals surface area contributed by atoms with Crippen LogP contribution in [0.4, 0.5) is 0 Å². The van der Waals surface area contributed by atoms with E-state index in [9.17, 15) is 22.8 Å². The van der Waals surface area contributed by atoms with Gasteiger partial charge >= 0.3 is 0 Å². The Hall–Kier alpha value is -1.59. The molecule has 0 aromatic carbocycles. The number of piperidine rings is 1. The molecule has 0 aromatic rings. The Kier molecular flexibility index (Phi) is 13.3. The number of nitrogens with one attached hydrogen (secondary N) is 2. The zero-order chi connectivity index (χ0) is 29.4. The fraction of sp³-hybridized carbons (Fsp3) is 0.815. The molecule has 1 aliphatic rings. The molecule has 2 N–H and O–H groups in total. The molecule has 2 unspecified atom stereocenters. The summed E-state index contributed by atoms with van der Waals surface area (Å²) in [6.45, 7) is 16.1. The Balaban J connectivity index is 3.16. The van der Waals surface area contributed by atoms with Crippen molar-refractivity contribution in [1.29, 1.82) is 0 Å². The van der Waals surface area contributed by atoms with Crippen LogP contribution in [0.1, 0.15) is 81.1 Å². The van der Waals surface area contributed by atoms with Gasteiger partial charge in [-0.3, -0.25) is 19.3 Å². The molecule has 9 nitrogen and oxygen atoms in total. The minimum atomic E-state index is -3.77. The maximum absolute atomic E-state index is 13.8. The Morgan fingerprint density at radius 2 is 1.74 bits per heavy atom. The van der Waals surface area contributed by atoms with Crippen molar-refractivity contribution in [2.45, 2.75) is 105 Å². The van der Waals surface area contributed by atoms with Crippen molar-refractivity contribution in [3.05, 3.63) is 11.6 Å². The Morgan fingerprint density at radius 3 is 2.24 bits per heavy atom. The normalized spacial score (nSPS) is 19.3. The van der Waals surface area contributed by atoms with Gasteiger partial charge in [0.1, 0.15) is 6.04 Å². The lowest BCUT2D eigenvalue weighted by molar-refractivity contribution is -0.142. The number of likely N-dealkylation sites (tertiary alicyclic amines) is 1. The molecular formula is C27H50N4O5S2. The van der Waals surface area contributed by atoms with Crippen molar-refractivity contribution in [2.75, 3.05) is 25.1 Å². The third kappa shape index (κ3) is 10.2. The first-order valence-electron chi connectivity index (χ1n) is 13.6. The standard InChI is InChI=1S/C27H50N4O5S2/c1-18(2)22(17-20(5)24(32)29-38(35,36)16-12-15-37)30(9)26(34)23(27(6,7)8)28-25(33)21-13-10-11-14-31(21)19(3)4/h17-19,21-23,37H,10-16H2,1-9H3,(H,28,33)(H,29,32)/b20-17+/t21-,22?,23?/m0/s1. The highest BCUT2D eigenvalue weighted by atomic mass is 32.2. The van der Waals surface area contributed by atoms with Crippen LogP contribution in [0.5, 0.6) is 0 Å². The van der Waals surface area contributed by atoms with Crippen LogP contribution < -0.4 is 10.0 Å². The van der Waals surface area contributed by atoms with Crippen LogP contribution in [-0.4, -0.2) is 85.2 Å². The van der Waals surface area contributed by atoms with Crippen LogP contribution in [0.25, 0.3) is 0 Å². The molecule has 0 spiro atoms. The zero-order valence-electron chi connectivity index (χ0n) is 24.7. The van der Waals surface area contributed by atoms with Gasteiger partial charge in [0.15, 0.2) is 0 Å². The average Bonchev–Trinajstić information content (AvgIpc) is 2.82. The molecule has 1 fully saturated rings. The fourth-order valence-electron chi connectivity index (χ4n) is 4.70. The first-order chi connectivity index (χ1) is 17.4. The van der Waals surface area contributed by atoms with Crippen molar-refractivity contribution in [1.82, 2.24) is 19.8 Å². The quantitative estimate of drug-likeness (QED) is 0.244. The SMILES string of the molecule is C/C(=C\C(C(C)C)N(C)C(=O)C(NC(=O)[C@@H]1CCCCN1C(C)C)C(C)(C)C)C(=O)NS(=O)(=O)CCCS. The molecule has 1 saturated heterocycles. The lowest BCUT2D eigenvalue weighted by Gasteiger charge is -2.41.